The van der Waals surface area contributed by atoms with Crippen LogP contribution in [0.5, 0.6) is 11.5 Å². The van der Waals surface area contributed by atoms with Crippen LogP contribution < -0.4 is 14.4 Å². The van der Waals surface area contributed by atoms with E-state index in [2.05, 4.69) is 46.9 Å². The van der Waals surface area contributed by atoms with Crippen molar-refractivity contribution in [3.63, 3.8) is 0 Å². The van der Waals surface area contributed by atoms with Crippen molar-refractivity contribution in [2.75, 3.05) is 13.2 Å². The molecular formula is C101H168NO17P. The van der Waals surface area contributed by atoms with Gasteiger partial charge in [-0.05, 0) is 87.6 Å². The average Bonchev–Trinajstić information content (AvgIpc) is 0.703. The molecule has 684 valence electrons. The summed E-state index contributed by atoms with van der Waals surface area (Å²) in [5.74, 6) is -7.83. The fraction of sp³-hybridized carbons (Fsp3) is 0.762. The van der Waals surface area contributed by atoms with Crippen molar-refractivity contribution >= 4 is 43.2 Å². The molecule has 1 aliphatic rings. The largest absolute Gasteiger partial charge is 0.590 e. The van der Waals surface area contributed by atoms with Gasteiger partial charge in [0, 0.05) is 38.2 Å². The van der Waals surface area contributed by atoms with Gasteiger partial charge in [0.25, 0.3) is 5.79 Å². The van der Waals surface area contributed by atoms with Crippen LogP contribution in [0.4, 0.5) is 0 Å². The average molecular weight is 1700 g/mol. The Labute approximate surface area is 728 Å². The molecule has 0 bridgehead atoms. The summed E-state index contributed by atoms with van der Waals surface area (Å²) < 4.78 is 78.9. The number of aliphatic hydroxyl groups excluding tert-OH is 1. The van der Waals surface area contributed by atoms with Crippen molar-refractivity contribution < 1.29 is 80.4 Å². The first kappa shape index (κ1) is 107. The van der Waals surface area contributed by atoms with E-state index in [0.29, 0.717) is 63.4 Å². The number of carbonyl (C=O) groups is 6. The van der Waals surface area contributed by atoms with Crippen LogP contribution in [0.2, 0.25) is 0 Å². The number of para-hydroxylation sites is 2. The second kappa shape index (κ2) is 68.8. The zero-order valence-corrected chi connectivity index (χ0v) is 77.3. The lowest BCUT2D eigenvalue weighted by Crippen LogP contribution is -2.82. The molecule has 0 aliphatic carbocycles. The summed E-state index contributed by atoms with van der Waals surface area (Å²) in [5.41, 5.74) is -2.41. The fourth-order valence-corrected chi connectivity index (χ4v) is 17.8. The van der Waals surface area contributed by atoms with E-state index in [1.54, 1.807) is 84.9 Å². The van der Waals surface area contributed by atoms with Gasteiger partial charge in [0.2, 0.25) is 5.91 Å². The number of ketones is 2. The van der Waals surface area contributed by atoms with Gasteiger partial charge in [-0.1, -0.05) is 398 Å². The van der Waals surface area contributed by atoms with Crippen LogP contribution in [-0.2, 0) is 72.9 Å². The minimum atomic E-state index is -5.46. The van der Waals surface area contributed by atoms with Crippen molar-refractivity contribution in [1.29, 1.82) is 0 Å². The first-order valence-corrected chi connectivity index (χ1v) is 50.4. The van der Waals surface area contributed by atoms with Gasteiger partial charge >= 0.3 is 25.7 Å². The predicted octanol–water partition coefficient (Wildman–Crippen LogP) is 27.4. The number of hydrogen-bond acceptors (Lipinski definition) is 17. The predicted molar refractivity (Wildman–Crippen MR) is 485 cm³/mol. The first-order valence-electron chi connectivity index (χ1n) is 48.9. The van der Waals surface area contributed by atoms with E-state index in [4.69, 9.17) is 42.0 Å². The maximum Gasteiger partial charge on any atom is 0.590 e. The topological polar surface area (TPSA) is 235 Å². The molecule has 3 aromatic rings. The van der Waals surface area contributed by atoms with Crippen LogP contribution >= 0.6 is 7.82 Å². The number of phosphoric ester groups is 1. The number of unbranched alkanes of at least 4 members (excludes halogenated alkanes) is 43. The summed E-state index contributed by atoms with van der Waals surface area (Å²) >= 11 is 0. The summed E-state index contributed by atoms with van der Waals surface area (Å²) in [6.07, 6.45) is 39.7. The quantitative estimate of drug-likeness (QED) is 0.0176. The van der Waals surface area contributed by atoms with Crippen molar-refractivity contribution in [2.24, 2.45) is 5.92 Å². The molecule has 0 radical (unpaired) electrons. The molecule has 120 heavy (non-hydrogen) atoms. The monoisotopic (exact) mass is 1700 g/mol. The lowest BCUT2D eigenvalue weighted by atomic mass is 9.75. The van der Waals surface area contributed by atoms with Gasteiger partial charge < -0.3 is 47.9 Å². The fourth-order valence-electron chi connectivity index (χ4n) is 16.3. The van der Waals surface area contributed by atoms with Crippen LogP contribution in [0.1, 0.15) is 433 Å². The summed E-state index contributed by atoms with van der Waals surface area (Å²) in [7, 11) is -5.46. The number of nitrogens with one attached hydrogen (secondary N) is 1. The van der Waals surface area contributed by atoms with Crippen LogP contribution in [0.25, 0.3) is 0 Å². The highest BCUT2D eigenvalue weighted by atomic mass is 31.2. The van der Waals surface area contributed by atoms with Crippen LogP contribution in [0.3, 0.4) is 0 Å². The molecule has 18 nitrogen and oxygen atoms in total. The maximum atomic E-state index is 17.7. The second-order valence-corrected chi connectivity index (χ2v) is 35.8. The van der Waals surface area contributed by atoms with Crippen molar-refractivity contribution in [1.82, 2.24) is 5.32 Å². The van der Waals surface area contributed by atoms with Gasteiger partial charge in [0.05, 0.1) is 26.1 Å². The number of phosphoric acid groups is 1. The lowest BCUT2D eigenvalue weighted by Gasteiger charge is -2.56. The Morgan fingerprint density at radius 2 is 0.775 bits per heavy atom. The first-order chi connectivity index (χ1) is 58.6. The number of amides is 1. The second-order valence-electron chi connectivity index (χ2n) is 34.4. The van der Waals surface area contributed by atoms with Gasteiger partial charge in [-0.25, -0.2) is 9.09 Å². The molecule has 4 rings (SSSR count). The minimum Gasteiger partial charge on any atom is -0.462 e. The lowest BCUT2D eigenvalue weighted by molar-refractivity contribution is -0.387. The zero-order chi connectivity index (χ0) is 86.7. The number of carbonyl (C=O) groups excluding carboxylic acids is 6. The molecule has 1 amide bonds. The van der Waals surface area contributed by atoms with Crippen molar-refractivity contribution in [3.05, 3.63) is 96.6 Å². The Hall–Kier alpha value is -5.49. The smallest absolute Gasteiger partial charge is 0.462 e. The maximum absolute atomic E-state index is 17.7. The Balaban J connectivity index is 2.19. The third-order valence-electron chi connectivity index (χ3n) is 23.6. The highest BCUT2D eigenvalue weighted by molar-refractivity contribution is 7.49. The molecule has 2 N–H and O–H groups in total. The van der Waals surface area contributed by atoms with E-state index in [9.17, 15) is 14.7 Å². The molecular weight excluding hydrogens is 1530 g/mol. The zero-order valence-electron chi connectivity index (χ0n) is 76.4. The molecule has 1 saturated heterocycles. The van der Waals surface area contributed by atoms with Gasteiger partial charge in [-0.15, -0.1) is 0 Å². The van der Waals surface area contributed by atoms with E-state index >= 15 is 23.7 Å². The van der Waals surface area contributed by atoms with E-state index in [1.807, 2.05) is 13.0 Å². The Kier molecular flexibility index (Phi) is 61.3. The number of rotatable bonds is 80. The van der Waals surface area contributed by atoms with Gasteiger partial charge in [-0.2, -0.15) is 0 Å². The number of esters is 3. The molecule has 0 saturated carbocycles. The molecule has 1 aliphatic heterocycles. The molecule has 1 fully saturated rings. The summed E-state index contributed by atoms with van der Waals surface area (Å²) in [4.78, 5) is 95.1. The molecule has 0 unspecified atom stereocenters. The third-order valence-corrected chi connectivity index (χ3v) is 24.9. The van der Waals surface area contributed by atoms with E-state index in [1.165, 1.54) is 38.5 Å². The van der Waals surface area contributed by atoms with E-state index in [0.717, 1.165) is 231 Å². The summed E-state index contributed by atoms with van der Waals surface area (Å²) in [6.45, 7) is 13.5. The summed E-state index contributed by atoms with van der Waals surface area (Å²) in [6, 6.07) is 25.2. The van der Waals surface area contributed by atoms with Crippen LogP contribution in [0, 0.1) is 5.92 Å². The van der Waals surface area contributed by atoms with Crippen LogP contribution in [0.15, 0.2) is 91.0 Å². The molecule has 3 aromatic carbocycles. The highest BCUT2D eigenvalue weighted by Crippen LogP contribution is 2.58. The van der Waals surface area contributed by atoms with Gasteiger partial charge in [0.1, 0.15) is 35.6 Å². The number of hydrogen-bond donors (Lipinski definition) is 2. The number of benzene rings is 3. The van der Waals surface area contributed by atoms with Crippen LogP contribution in [-0.4, -0.2) is 95.7 Å². The number of aliphatic hydroxyl groups is 1. The minimum absolute atomic E-state index is 0.00630. The summed E-state index contributed by atoms with van der Waals surface area (Å²) in [5, 5.41) is 15.6. The Morgan fingerprint density at radius 1 is 0.417 bits per heavy atom. The number of Topliss-reactive ketones (excluding diaryl/α,β-unsaturated/α-hetero) is 2. The Bertz CT molecular complexity index is 3060. The highest BCUT2D eigenvalue weighted by Gasteiger charge is 2.74. The van der Waals surface area contributed by atoms with Gasteiger partial charge in [-0.3, -0.25) is 28.8 Å². The SMILES string of the molecule is CCCCCCCCCCC[C@H](CC(=O)N[C@@]1(C(=O)C[C@@H](CCCCCCCCCCC)OC(=O)CCCCCCCCC)[C@H](OCCCC)O[C@H](CO)[C@@](OCc2ccccc2)(OP(=O)(Oc2ccccc2)Oc2ccccc2)[C@@H]1OC(=O)C[C@@H](CCCCCCCCCCC)C(=O)CCCCCCCCC)OC(=O)CCCCCCCCC. The Morgan fingerprint density at radius 3 is 1.18 bits per heavy atom. The molecule has 1 heterocycles. The standard InChI is InChI=1S/C101H168NO17P/c1-8-15-22-28-34-37-43-46-57-69-86(91(104)76-64-49-40-31-25-18-11-4)80-97(109)116-98-100(92(105)81-89(74-58-47-44-38-35-29-23-16-9-2)113-95(107)77-65-50-41-32-26-19-12-5,102-94(106)82-90(75-59-48-45-39-36-30-24-17-10-3)114-96(108)78-66-51-42-33-27-20-13-6)99(111-79-21-14-7)115-93(83-103)101(98,112-84-85-67-55-52-56-68-85)119-120(110,117-87-70-60-53-61-71-87)118-88-72-62-54-63-73-88/h52-56,60-63,67-68,70-73,86,89-90,93,98-99,103H,8-51,57-59,64-66,69,74-84H2,1-7H3,(H,102,106)/t86-,89-,90-,93-,98-,99-,100-,101-/m1/s1. The van der Waals surface area contributed by atoms with Crippen molar-refractivity contribution in [2.45, 2.75) is 476 Å². The van der Waals surface area contributed by atoms with Crippen molar-refractivity contribution in [3.8, 4) is 11.5 Å². The third kappa shape index (κ3) is 45.9. The number of ether oxygens (including phenoxy) is 6. The van der Waals surface area contributed by atoms with E-state index < -0.39 is 118 Å². The molecule has 0 spiro atoms. The normalized spacial score (nSPS) is 17.4. The van der Waals surface area contributed by atoms with E-state index in [-0.39, 0.29) is 56.0 Å². The molecule has 8 atom stereocenters. The molecule has 19 heteroatoms. The van der Waals surface area contributed by atoms with Gasteiger partial charge in [0.15, 0.2) is 23.7 Å². The molecule has 0 aromatic heterocycles.